The summed E-state index contributed by atoms with van der Waals surface area (Å²) in [6.07, 6.45) is 3.59. The summed E-state index contributed by atoms with van der Waals surface area (Å²) in [7, 11) is 1.98. The van der Waals surface area contributed by atoms with Gasteiger partial charge in [0, 0.05) is 18.0 Å². The van der Waals surface area contributed by atoms with E-state index in [9.17, 15) is 0 Å². The number of rotatable bonds is 4. The fourth-order valence-electron chi connectivity index (χ4n) is 2.46. The lowest BCUT2D eigenvalue weighted by atomic mass is 10.2. The molecule has 4 aromatic rings. The van der Waals surface area contributed by atoms with Gasteiger partial charge in [-0.25, -0.2) is 9.97 Å². The number of hydrogen-bond donors (Lipinski definition) is 1. The largest absolute Gasteiger partial charge is 0.334 e. The molecule has 0 aliphatic carbocycles. The third-order valence-electron chi connectivity index (χ3n) is 3.70. The Bertz CT molecular complexity index is 1000. The van der Waals surface area contributed by atoms with Gasteiger partial charge in [-0.2, -0.15) is 5.10 Å². The zero-order chi connectivity index (χ0) is 16.4. The predicted molar refractivity (Wildman–Crippen MR) is 99.5 cm³/mol. The summed E-state index contributed by atoms with van der Waals surface area (Å²) >= 11 is 1.53. The first-order chi connectivity index (χ1) is 11.8. The number of thiazole rings is 1. The molecule has 0 saturated heterocycles. The van der Waals surface area contributed by atoms with Crippen LogP contribution < -0.4 is 5.43 Å². The van der Waals surface area contributed by atoms with Crippen LogP contribution in [0.15, 0.2) is 65.3 Å². The van der Waals surface area contributed by atoms with Crippen molar-refractivity contribution in [3.63, 3.8) is 0 Å². The van der Waals surface area contributed by atoms with Crippen LogP contribution in [0.25, 0.3) is 22.3 Å². The first-order valence-corrected chi connectivity index (χ1v) is 8.39. The van der Waals surface area contributed by atoms with E-state index in [0.29, 0.717) is 0 Å². The molecule has 2 heterocycles. The summed E-state index contributed by atoms with van der Waals surface area (Å²) in [5.41, 5.74) is 8.10. The monoisotopic (exact) mass is 333 g/mol. The first-order valence-electron chi connectivity index (χ1n) is 7.51. The number of benzene rings is 2. The molecule has 6 heteroatoms. The van der Waals surface area contributed by atoms with Gasteiger partial charge in [-0.15, -0.1) is 11.3 Å². The maximum absolute atomic E-state index is 4.54. The molecule has 0 amide bonds. The fourth-order valence-corrected chi connectivity index (χ4v) is 3.13. The Labute approximate surface area is 143 Å². The molecule has 5 nitrogen and oxygen atoms in total. The fraction of sp³-hybridized carbons (Fsp3) is 0.0556. The van der Waals surface area contributed by atoms with Crippen molar-refractivity contribution >= 4 is 33.7 Å². The topological polar surface area (TPSA) is 55.1 Å². The lowest BCUT2D eigenvalue weighted by Gasteiger charge is -1.97. The van der Waals surface area contributed by atoms with Gasteiger partial charge in [0.2, 0.25) is 5.13 Å². The maximum atomic E-state index is 4.54. The number of nitrogens with one attached hydrogen (secondary N) is 1. The number of hydrazone groups is 1. The van der Waals surface area contributed by atoms with Gasteiger partial charge in [-0.1, -0.05) is 36.4 Å². The number of anilines is 1. The van der Waals surface area contributed by atoms with Crippen molar-refractivity contribution in [2.45, 2.75) is 0 Å². The highest BCUT2D eigenvalue weighted by molar-refractivity contribution is 7.14. The summed E-state index contributed by atoms with van der Waals surface area (Å²) in [4.78, 5) is 8.90. The summed E-state index contributed by atoms with van der Waals surface area (Å²) in [5, 5.41) is 7.06. The minimum Gasteiger partial charge on any atom is -0.334 e. The van der Waals surface area contributed by atoms with Gasteiger partial charge in [0.1, 0.15) is 0 Å². The Kier molecular flexibility index (Phi) is 3.80. The predicted octanol–water partition coefficient (Wildman–Crippen LogP) is 4.14. The van der Waals surface area contributed by atoms with Crippen LogP contribution in [0.4, 0.5) is 5.13 Å². The Morgan fingerprint density at radius 2 is 2.04 bits per heavy atom. The zero-order valence-corrected chi connectivity index (χ0v) is 13.9. The van der Waals surface area contributed by atoms with E-state index in [1.165, 1.54) is 11.3 Å². The van der Waals surface area contributed by atoms with Gasteiger partial charge in [-0.3, -0.25) is 5.43 Å². The van der Waals surface area contributed by atoms with E-state index in [0.717, 1.165) is 33.0 Å². The highest BCUT2D eigenvalue weighted by atomic mass is 32.1. The third kappa shape index (κ3) is 2.91. The number of aromatic nitrogens is 3. The minimum absolute atomic E-state index is 0.768. The number of hydrogen-bond acceptors (Lipinski definition) is 5. The lowest BCUT2D eigenvalue weighted by Crippen LogP contribution is -1.90. The van der Waals surface area contributed by atoms with Crippen LogP contribution in [-0.2, 0) is 7.05 Å². The molecule has 2 aromatic carbocycles. The highest BCUT2D eigenvalue weighted by Gasteiger charge is 2.03. The first kappa shape index (κ1) is 14.6. The van der Waals surface area contributed by atoms with Crippen molar-refractivity contribution in [1.82, 2.24) is 14.5 Å². The van der Waals surface area contributed by atoms with Gasteiger partial charge in [0.05, 0.1) is 29.3 Å². The second-order valence-electron chi connectivity index (χ2n) is 5.38. The van der Waals surface area contributed by atoms with Crippen LogP contribution in [0.2, 0.25) is 0 Å². The summed E-state index contributed by atoms with van der Waals surface area (Å²) in [6.45, 7) is 0. The molecule has 0 fully saturated rings. The van der Waals surface area contributed by atoms with Gasteiger partial charge in [-0.05, 0) is 17.7 Å². The van der Waals surface area contributed by atoms with E-state index in [1.807, 2.05) is 71.9 Å². The van der Waals surface area contributed by atoms with Crippen LogP contribution in [0.5, 0.6) is 0 Å². The Hall–Kier alpha value is -2.99. The molecular weight excluding hydrogens is 318 g/mol. The van der Waals surface area contributed by atoms with E-state index in [-0.39, 0.29) is 0 Å². The molecule has 24 heavy (non-hydrogen) atoms. The molecule has 2 aromatic heterocycles. The van der Waals surface area contributed by atoms with Crippen molar-refractivity contribution < 1.29 is 0 Å². The number of imidazole rings is 1. The lowest BCUT2D eigenvalue weighted by molar-refractivity contribution is 0.947. The van der Waals surface area contributed by atoms with Gasteiger partial charge in [0.15, 0.2) is 0 Å². The van der Waals surface area contributed by atoms with E-state index >= 15 is 0 Å². The average Bonchev–Trinajstić information content (AvgIpc) is 3.23. The van der Waals surface area contributed by atoms with Crippen LogP contribution in [0.3, 0.4) is 0 Å². The Morgan fingerprint density at radius 1 is 1.17 bits per heavy atom. The molecule has 0 unspecified atom stereocenters. The highest BCUT2D eigenvalue weighted by Crippen LogP contribution is 2.24. The molecule has 0 aliphatic rings. The molecule has 0 bridgehead atoms. The van der Waals surface area contributed by atoms with E-state index < -0.39 is 0 Å². The molecule has 0 radical (unpaired) electrons. The Balaban J connectivity index is 1.47. The quantitative estimate of drug-likeness (QED) is 0.451. The van der Waals surface area contributed by atoms with Crippen molar-refractivity contribution in [3.05, 3.63) is 65.8 Å². The van der Waals surface area contributed by atoms with Crippen LogP contribution >= 0.6 is 11.3 Å². The summed E-state index contributed by atoms with van der Waals surface area (Å²) in [6, 6.07) is 16.2. The van der Waals surface area contributed by atoms with Crippen LogP contribution in [-0.4, -0.2) is 20.7 Å². The van der Waals surface area contributed by atoms with Gasteiger partial charge < -0.3 is 4.57 Å². The maximum Gasteiger partial charge on any atom is 0.203 e. The zero-order valence-electron chi connectivity index (χ0n) is 13.0. The summed E-state index contributed by atoms with van der Waals surface area (Å²) < 4.78 is 2.00. The smallest absolute Gasteiger partial charge is 0.203 e. The van der Waals surface area contributed by atoms with Crippen LogP contribution in [0, 0.1) is 0 Å². The molecular formula is C18H15N5S. The molecule has 0 saturated carbocycles. The minimum atomic E-state index is 0.768. The van der Waals surface area contributed by atoms with Gasteiger partial charge >= 0.3 is 0 Å². The number of fused-ring (bicyclic) bond motifs is 1. The SMILES string of the molecule is Cn1cnc2cc(C=NNc3nc(-c4ccccc4)cs3)ccc21. The number of nitrogens with zero attached hydrogens (tertiary/aromatic N) is 4. The average molecular weight is 333 g/mol. The van der Waals surface area contributed by atoms with E-state index in [4.69, 9.17) is 0 Å². The van der Waals surface area contributed by atoms with Gasteiger partial charge in [0.25, 0.3) is 0 Å². The molecule has 4 rings (SSSR count). The molecule has 1 N–H and O–H groups in total. The van der Waals surface area contributed by atoms with Crippen molar-refractivity contribution in [1.29, 1.82) is 0 Å². The molecule has 0 spiro atoms. The van der Waals surface area contributed by atoms with E-state index in [1.54, 1.807) is 6.21 Å². The Morgan fingerprint density at radius 3 is 2.92 bits per heavy atom. The van der Waals surface area contributed by atoms with Crippen LogP contribution in [0.1, 0.15) is 5.56 Å². The van der Waals surface area contributed by atoms with E-state index in [2.05, 4.69) is 20.5 Å². The normalized spacial score (nSPS) is 11.4. The molecule has 0 atom stereocenters. The second kappa shape index (κ2) is 6.25. The standard InChI is InChI=1S/C18H15N5S/c1-23-12-19-15-9-13(7-8-17(15)23)10-20-22-18-21-16(11-24-18)14-5-3-2-4-6-14/h2-12H,1H3,(H,21,22). The second-order valence-corrected chi connectivity index (χ2v) is 6.24. The number of aryl methyl sites for hydroxylation is 1. The third-order valence-corrected chi connectivity index (χ3v) is 4.44. The molecule has 0 aliphatic heterocycles. The van der Waals surface area contributed by atoms with Crippen molar-refractivity contribution in [3.8, 4) is 11.3 Å². The molecule has 118 valence electrons. The summed E-state index contributed by atoms with van der Waals surface area (Å²) in [5.74, 6) is 0. The van der Waals surface area contributed by atoms with Crippen molar-refractivity contribution in [2.24, 2.45) is 12.1 Å². The van der Waals surface area contributed by atoms with Crippen molar-refractivity contribution in [2.75, 3.05) is 5.43 Å².